The van der Waals surface area contributed by atoms with E-state index in [0.29, 0.717) is 28.6 Å². The van der Waals surface area contributed by atoms with Crippen molar-refractivity contribution in [2.24, 2.45) is 4.99 Å². The van der Waals surface area contributed by atoms with E-state index in [1.165, 1.54) is 11.3 Å². The summed E-state index contributed by atoms with van der Waals surface area (Å²) in [6.07, 6.45) is 0. The molecule has 0 bridgehead atoms. The smallest absolute Gasteiger partial charge is 0.286 e. The van der Waals surface area contributed by atoms with Gasteiger partial charge in [0.2, 0.25) is 0 Å². The van der Waals surface area contributed by atoms with Crippen LogP contribution in [-0.4, -0.2) is 38.4 Å². The molecule has 8 heteroatoms. The monoisotopic (exact) mass is 402 g/mol. The van der Waals surface area contributed by atoms with Gasteiger partial charge in [-0.15, -0.1) is 0 Å². The standard InChI is InChI=1S/C20H22N2O5S/c1-5-22-18-15(25-3)10-11-16(26-4)19(18)28-20(22)21-17(23)12-27-14-8-6-13(24-2)7-9-14/h6-11H,5,12H2,1-4H3. The Morgan fingerprint density at radius 2 is 1.61 bits per heavy atom. The average molecular weight is 402 g/mol. The SMILES string of the molecule is CCn1c(=NC(=O)COc2ccc(OC)cc2)sc2c(OC)ccc(OC)c21. The zero-order valence-electron chi connectivity index (χ0n) is 16.2. The number of methoxy groups -OCH3 is 3. The van der Waals surface area contributed by atoms with Gasteiger partial charge in [0.15, 0.2) is 11.4 Å². The van der Waals surface area contributed by atoms with Gasteiger partial charge in [0, 0.05) is 6.54 Å². The van der Waals surface area contributed by atoms with Crippen molar-refractivity contribution in [2.75, 3.05) is 27.9 Å². The molecule has 3 aromatic rings. The fourth-order valence-electron chi connectivity index (χ4n) is 2.79. The van der Waals surface area contributed by atoms with Crippen LogP contribution in [0.15, 0.2) is 41.4 Å². The highest BCUT2D eigenvalue weighted by Crippen LogP contribution is 2.35. The second-order valence-corrected chi connectivity index (χ2v) is 6.72. The largest absolute Gasteiger partial charge is 0.497 e. The number of hydrogen-bond donors (Lipinski definition) is 0. The van der Waals surface area contributed by atoms with Crippen molar-refractivity contribution in [1.82, 2.24) is 4.57 Å². The fourth-order valence-corrected chi connectivity index (χ4v) is 4.01. The van der Waals surface area contributed by atoms with E-state index in [1.807, 2.05) is 23.6 Å². The molecule has 0 saturated heterocycles. The summed E-state index contributed by atoms with van der Waals surface area (Å²) in [6, 6.07) is 10.7. The molecular formula is C20H22N2O5S. The maximum atomic E-state index is 12.4. The topological polar surface area (TPSA) is 71.3 Å². The van der Waals surface area contributed by atoms with E-state index in [1.54, 1.807) is 45.6 Å². The molecule has 3 rings (SSSR count). The van der Waals surface area contributed by atoms with Gasteiger partial charge in [0.25, 0.3) is 5.91 Å². The van der Waals surface area contributed by atoms with E-state index in [9.17, 15) is 4.79 Å². The molecule has 0 aliphatic carbocycles. The van der Waals surface area contributed by atoms with Gasteiger partial charge in [-0.25, -0.2) is 0 Å². The minimum atomic E-state index is -0.373. The Kier molecular flexibility index (Phi) is 6.20. The lowest BCUT2D eigenvalue weighted by Gasteiger charge is -2.08. The van der Waals surface area contributed by atoms with Gasteiger partial charge in [-0.1, -0.05) is 11.3 Å². The third-order valence-electron chi connectivity index (χ3n) is 4.15. The molecule has 28 heavy (non-hydrogen) atoms. The predicted octanol–water partition coefficient (Wildman–Crippen LogP) is 3.25. The Labute approximate surface area is 166 Å². The van der Waals surface area contributed by atoms with Crippen LogP contribution in [0.5, 0.6) is 23.0 Å². The summed E-state index contributed by atoms with van der Waals surface area (Å²) >= 11 is 1.38. The Balaban J connectivity index is 1.90. The molecule has 0 saturated carbocycles. The molecule has 0 aliphatic heterocycles. The first-order valence-electron chi connectivity index (χ1n) is 8.70. The lowest BCUT2D eigenvalue weighted by atomic mass is 10.3. The first-order chi connectivity index (χ1) is 13.6. The van der Waals surface area contributed by atoms with Crippen molar-refractivity contribution in [3.05, 3.63) is 41.2 Å². The van der Waals surface area contributed by atoms with Crippen molar-refractivity contribution < 1.29 is 23.7 Å². The number of fused-ring (bicyclic) bond motifs is 1. The van der Waals surface area contributed by atoms with Gasteiger partial charge in [0.05, 0.1) is 21.3 Å². The molecule has 1 heterocycles. The van der Waals surface area contributed by atoms with E-state index in [-0.39, 0.29) is 12.5 Å². The Hall–Kier alpha value is -3.00. The Morgan fingerprint density at radius 1 is 0.964 bits per heavy atom. The van der Waals surface area contributed by atoms with Crippen LogP contribution >= 0.6 is 11.3 Å². The second kappa shape index (κ2) is 8.79. The maximum absolute atomic E-state index is 12.4. The third-order valence-corrected chi connectivity index (χ3v) is 5.24. The lowest BCUT2D eigenvalue weighted by Crippen LogP contribution is -2.19. The molecule has 0 aliphatic rings. The zero-order chi connectivity index (χ0) is 20.1. The number of rotatable bonds is 7. The summed E-state index contributed by atoms with van der Waals surface area (Å²) in [4.78, 5) is 17.2. The van der Waals surface area contributed by atoms with E-state index in [0.717, 1.165) is 16.0 Å². The van der Waals surface area contributed by atoms with Gasteiger partial charge in [0.1, 0.15) is 33.2 Å². The zero-order valence-corrected chi connectivity index (χ0v) is 17.0. The molecule has 0 fully saturated rings. The number of aromatic nitrogens is 1. The fraction of sp³-hybridized carbons (Fsp3) is 0.300. The number of ether oxygens (including phenoxy) is 4. The first kappa shape index (κ1) is 19.8. The number of aryl methyl sites for hydroxylation is 1. The highest BCUT2D eigenvalue weighted by atomic mass is 32.1. The number of benzene rings is 2. The van der Waals surface area contributed by atoms with Crippen LogP contribution in [-0.2, 0) is 11.3 Å². The summed E-state index contributed by atoms with van der Waals surface area (Å²) < 4.78 is 24.4. The maximum Gasteiger partial charge on any atom is 0.286 e. The van der Waals surface area contributed by atoms with Crippen LogP contribution in [0.3, 0.4) is 0 Å². The van der Waals surface area contributed by atoms with Crippen molar-refractivity contribution in [2.45, 2.75) is 13.5 Å². The number of amides is 1. The van der Waals surface area contributed by atoms with Crippen LogP contribution in [0.25, 0.3) is 10.2 Å². The first-order valence-corrected chi connectivity index (χ1v) is 9.51. The summed E-state index contributed by atoms with van der Waals surface area (Å²) in [7, 11) is 4.82. The molecule has 2 aromatic carbocycles. The average Bonchev–Trinajstić information content (AvgIpc) is 3.09. The molecule has 1 amide bonds. The van der Waals surface area contributed by atoms with Crippen LogP contribution in [0.4, 0.5) is 0 Å². The van der Waals surface area contributed by atoms with E-state index in [2.05, 4.69) is 4.99 Å². The van der Waals surface area contributed by atoms with Crippen LogP contribution in [0.2, 0.25) is 0 Å². The molecule has 0 radical (unpaired) electrons. The number of carbonyl (C=O) groups is 1. The number of nitrogens with zero attached hydrogens (tertiary/aromatic N) is 2. The lowest BCUT2D eigenvalue weighted by molar-refractivity contribution is -0.120. The van der Waals surface area contributed by atoms with E-state index >= 15 is 0 Å². The summed E-state index contributed by atoms with van der Waals surface area (Å²) in [6.45, 7) is 2.47. The second-order valence-electron chi connectivity index (χ2n) is 5.75. The summed E-state index contributed by atoms with van der Waals surface area (Å²) in [5.41, 5.74) is 0.858. The highest BCUT2D eigenvalue weighted by molar-refractivity contribution is 7.16. The minimum Gasteiger partial charge on any atom is -0.497 e. The van der Waals surface area contributed by atoms with E-state index in [4.69, 9.17) is 18.9 Å². The summed E-state index contributed by atoms with van der Waals surface area (Å²) in [5, 5.41) is 0. The van der Waals surface area contributed by atoms with Gasteiger partial charge in [-0.2, -0.15) is 4.99 Å². The molecule has 148 valence electrons. The molecule has 0 unspecified atom stereocenters. The molecule has 0 spiro atoms. The minimum absolute atomic E-state index is 0.154. The normalized spacial score (nSPS) is 11.5. The van der Waals surface area contributed by atoms with Gasteiger partial charge < -0.3 is 23.5 Å². The molecule has 0 N–H and O–H groups in total. The van der Waals surface area contributed by atoms with Crippen molar-refractivity contribution in [1.29, 1.82) is 0 Å². The van der Waals surface area contributed by atoms with Gasteiger partial charge >= 0.3 is 0 Å². The van der Waals surface area contributed by atoms with Crippen LogP contribution in [0.1, 0.15) is 6.92 Å². The van der Waals surface area contributed by atoms with Gasteiger partial charge in [-0.3, -0.25) is 4.79 Å². The van der Waals surface area contributed by atoms with Crippen LogP contribution in [0, 0.1) is 0 Å². The quantitative estimate of drug-likeness (QED) is 0.607. The Bertz CT molecular complexity index is 1040. The molecular weight excluding hydrogens is 380 g/mol. The van der Waals surface area contributed by atoms with Crippen molar-refractivity contribution in [3.8, 4) is 23.0 Å². The van der Waals surface area contributed by atoms with Crippen LogP contribution < -0.4 is 23.7 Å². The van der Waals surface area contributed by atoms with Crippen molar-refractivity contribution >= 4 is 27.5 Å². The molecule has 7 nitrogen and oxygen atoms in total. The van der Waals surface area contributed by atoms with Gasteiger partial charge in [-0.05, 0) is 43.3 Å². The number of thiazole rings is 1. The van der Waals surface area contributed by atoms with Crippen molar-refractivity contribution in [3.63, 3.8) is 0 Å². The molecule has 1 aromatic heterocycles. The predicted molar refractivity (Wildman–Crippen MR) is 108 cm³/mol. The molecule has 0 atom stereocenters. The third kappa shape index (κ3) is 3.96. The van der Waals surface area contributed by atoms with E-state index < -0.39 is 0 Å². The number of hydrogen-bond acceptors (Lipinski definition) is 6. The number of carbonyl (C=O) groups excluding carboxylic acids is 1. The summed E-state index contributed by atoms with van der Waals surface area (Å²) in [5.74, 6) is 2.35. The Morgan fingerprint density at radius 3 is 2.21 bits per heavy atom. The highest BCUT2D eigenvalue weighted by Gasteiger charge is 2.15.